The van der Waals surface area contributed by atoms with Crippen LogP contribution in [0.5, 0.6) is 5.75 Å². The van der Waals surface area contributed by atoms with E-state index in [1.807, 2.05) is 12.1 Å². The standard InChI is InChI=1S/C14H20N2O2/c1-16-7-8-18-13-5-4-10(9-12(13)16)14(17)11-3-2-6-15-11/h4-5,9,11,14-15,17H,2-3,6-8H2,1H3. The SMILES string of the molecule is CN1CCOc2ccc(C(O)C3CCCN3)cc21. The van der Waals surface area contributed by atoms with Gasteiger partial charge in [-0.2, -0.15) is 0 Å². The molecule has 0 saturated carbocycles. The van der Waals surface area contributed by atoms with E-state index in [0.29, 0.717) is 0 Å². The van der Waals surface area contributed by atoms with Crippen LogP contribution in [0.4, 0.5) is 5.69 Å². The first-order valence-corrected chi connectivity index (χ1v) is 6.65. The first-order valence-electron chi connectivity index (χ1n) is 6.65. The molecule has 98 valence electrons. The van der Waals surface area contributed by atoms with Crippen LogP contribution in [0.2, 0.25) is 0 Å². The lowest BCUT2D eigenvalue weighted by atomic mass is 10.00. The second kappa shape index (κ2) is 4.78. The highest BCUT2D eigenvalue weighted by atomic mass is 16.5. The summed E-state index contributed by atoms with van der Waals surface area (Å²) < 4.78 is 5.62. The van der Waals surface area contributed by atoms with E-state index in [4.69, 9.17) is 4.74 Å². The number of ether oxygens (including phenoxy) is 1. The van der Waals surface area contributed by atoms with Gasteiger partial charge in [-0.15, -0.1) is 0 Å². The predicted octanol–water partition coefficient (Wildman–Crippen LogP) is 1.30. The molecule has 4 heteroatoms. The van der Waals surface area contributed by atoms with Gasteiger partial charge in [-0.3, -0.25) is 0 Å². The van der Waals surface area contributed by atoms with Crippen LogP contribution in [0.1, 0.15) is 24.5 Å². The lowest BCUT2D eigenvalue weighted by Gasteiger charge is -2.29. The molecule has 0 spiro atoms. The van der Waals surface area contributed by atoms with Gasteiger partial charge in [0.05, 0.1) is 18.3 Å². The zero-order valence-electron chi connectivity index (χ0n) is 10.7. The maximum Gasteiger partial charge on any atom is 0.142 e. The van der Waals surface area contributed by atoms with E-state index < -0.39 is 6.10 Å². The van der Waals surface area contributed by atoms with Gasteiger partial charge >= 0.3 is 0 Å². The summed E-state index contributed by atoms with van der Waals surface area (Å²) >= 11 is 0. The molecule has 1 aromatic carbocycles. The molecule has 0 radical (unpaired) electrons. The molecule has 3 rings (SSSR count). The summed E-state index contributed by atoms with van der Waals surface area (Å²) in [4.78, 5) is 2.18. The number of hydrogen-bond acceptors (Lipinski definition) is 4. The molecule has 0 aliphatic carbocycles. The first-order chi connectivity index (χ1) is 8.75. The second-order valence-electron chi connectivity index (χ2n) is 5.14. The van der Waals surface area contributed by atoms with Gasteiger partial charge in [-0.05, 0) is 37.1 Å². The van der Waals surface area contributed by atoms with Gasteiger partial charge in [0.25, 0.3) is 0 Å². The lowest BCUT2D eigenvalue weighted by Crippen LogP contribution is -2.30. The molecule has 2 heterocycles. The van der Waals surface area contributed by atoms with E-state index >= 15 is 0 Å². The largest absolute Gasteiger partial charge is 0.490 e. The van der Waals surface area contributed by atoms with E-state index in [0.717, 1.165) is 49.5 Å². The number of benzene rings is 1. The van der Waals surface area contributed by atoms with E-state index in [2.05, 4.69) is 23.3 Å². The molecule has 0 amide bonds. The quantitative estimate of drug-likeness (QED) is 0.828. The fourth-order valence-electron chi connectivity index (χ4n) is 2.77. The predicted molar refractivity (Wildman–Crippen MR) is 71.2 cm³/mol. The topological polar surface area (TPSA) is 44.7 Å². The molecule has 2 aliphatic heterocycles. The van der Waals surface area contributed by atoms with Crippen molar-refractivity contribution in [3.8, 4) is 5.75 Å². The molecular weight excluding hydrogens is 228 g/mol. The molecule has 18 heavy (non-hydrogen) atoms. The summed E-state index contributed by atoms with van der Waals surface area (Å²) in [5, 5.41) is 13.7. The Morgan fingerprint density at radius 2 is 2.39 bits per heavy atom. The van der Waals surface area contributed by atoms with Gasteiger partial charge in [0.1, 0.15) is 12.4 Å². The minimum atomic E-state index is -0.423. The van der Waals surface area contributed by atoms with Crippen molar-refractivity contribution in [3.05, 3.63) is 23.8 Å². The second-order valence-corrected chi connectivity index (χ2v) is 5.14. The van der Waals surface area contributed by atoms with Crippen molar-refractivity contribution in [2.75, 3.05) is 31.6 Å². The number of fused-ring (bicyclic) bond motifs is 1. The van der Waals surface area contributed by atoms with Crippen molar-refractivity contribution in [3.63, 3.8) is 0 Å². The van der Waals surface area contributed by atoms with E-state index in [-0.39, 0.29) is 6.04 Å². The van der Waals surface area contributed by atoms with Crippen molar-refractivity contribution >= 4 is 5.69 Å². The van der Waals surface area contributed by atoms with Crippen molar-refractivity contribution < 1.29 is 9.84 Å². The third-order valence-corrected chi connectivity index (χ3v) is 3.90. The maximum absolute atomic E-state index is 10.4. The normalized spacial score (nSPS) is 24.6. The van der Waals surface area contributed by atoms with Crippen LogP contribution in [0.25, 0.3) is 0 Å². The van der Waals surface area contributed by atoms with E-state index in [9.17, 15) is 5.11 Å². The average Bonchev–Trinajstić information content (AvgIpc) is 2.92. The van der Waals surface area contributed by atoms with Crippen LogP contribution in [0.15, 0.2) is 18.2 Å². The molecule has 2 unspecified atom stereocenters. The van der Waals surface area contributed by atoms with Crippen molar-refractivity contribution in [1.82, 2.24) is 5.32 Å². The number of aliphatic hydroxyl groups excluding tert-OH is 1. The van der Waals surface area contributed by atoms with Crippen LogP contribution in [0, 0.1) is 0 Å². The number of likely N-dealkylation sites (N-methyl/N-ethyl adjacent to an activating group) is 1. The lowest BCUT2D eigenvalue weighted by molar-refractivity contribution is 0.137. The summed E-state index contributed by atoms with van der Waals surface area (Å²) in [7, 11) is 2.06. The highest BCUT2D eigenvalue weighted by Gasteiger charge is 2.25. The fourth-order valence-corrected chi connectivity index (χ4v) is 2.77. The summed E-state index contributed by atoms with van der Waals surface area (Å²) in [6.45, 7) is 2.64. The van der Waals surface area contributed by atoms with Gasteiger partial charge < -0.3 is 20.1 Å². The van der Waals surface area contributed by atoms with Crippen LogP contribution >= 0.6 is 0 Å². The number of anilines is 1. The first kappa shape index (κ1) is 11.8. The molecule has 1 saturated heterocycles. The maximum atomic E-state index is 10.4. The third kappa shape index (κ3) is 2.06. The van der Waals surface area contributed by atoms with Crippen molar-refractivity contribution in [2.24, 2.45) is 0 Å². The summed E-state index contributed by atoms with van der Waals surface area (Å²) in [5.74, 6) is 0.916. The zero-order chi connectivity index (χ0) is 12.5. The highest BCUT2D eigenvalue weighted by molar-refractivity contribution is 5.61. The van der Waals surface area contributed by atoms with Gasteiger partial charge in [0, 0.05) is 13.1 Å². The molecule has 1 aromatic rings. The van der Waals surface area contributed by atoms with Crippen LogP contribution < -0.4 is 15.0 Å². The van der Waals surface area contributed by atoms with E-state index in [1.165, 1.54) is 0 Å². The number of nitrogens with one attached hydrogen (secondary N) is 1. The Morgan fingerprint density at radius 1 is 1.50 bits per heavy atom. The van der Waals surface area contributed by atoms with Gasteiger partial charge in [0.15, 0.2) is 0 Å². The number of hydrogen-bond donors (Lipinski definition) is 2. The molecule has 2 aliphatic rings. The average molecular weight is 248 g/mol. The van der Waals surface area contributed by atoms with E-state index in [1.54, 1.807) is 0 Å². The number of rotatable bonds is 2. The summed E-state index contributed by atoms with van der Waals surface area (Å²) in [6, 6.07) is 6.19. The molecule has 0 bridgehead atoms. The zero-order valence-corrected chi connectivity index (χ0v) is 10.7. The van der Waals surface area contributed by atoms with Crippen LogP contribution in [-0.2, 0) is 0 Å². The van der Waals surface area contributed by atoms with Gasteiger partial charge in [0.2, 0.25) is 0 Å². The number of aliphatic hydroxyl groups is 1. The third-order valence-electron chi connectivity index (χ3n) is 3.90. The molecule has 2 atom stereocenters. The Bertz CT molecular complexity index is 430. The Labute approximate surface area is 108 Å². The Balaban J connectivity index is 1.86. The Hall–Kier alpha value is -1.26. The Kier molecular flexibility index (Phi) is 3.14. The summed E-state index contributed by atoms with van der Waals surface area (Å²) in [5.41, 5.74) is 2.06. The minimum absolute atomic E-state index is 0.192. The van der Waals surface area contributed by atoms with Crippen LogP contribution in [0.3, 0.4) is 0 Å². The monoisotopic (exact) mass is 248 g/mol. The van der Waals surface area contributed by atoms with Crippen molar-refractivity contribution in [2.45, 2.75) is 25.0 Å². The minimum Gasteiger partial charge on any atom is -0.490 e. The van der Waals surface area contributed by atoms with Gasteiger partial charge in [-0.25, -0.2) is 0 Å². The molecule has 0 aromatic heterocycles. The Morgan fingerprint density at radius 3 is 3.17 bits per heavy atom. The molecule has 4 nitrogen and oxygen atoms in total. The fraction of sp³-hybridized carbons (Fsp3) is 0.571. The van der Waals surface area contributed by atoms with Gasteiger partial charge in [-0.1, -0.05) is 6.07 Å². The van der Waals surface area contributed by atoms with Crippen molar-refractivity contribution in [1.29, 1.82) is 0 Å². The van der Waals surface area contributed by atoms with Crippen LogP contribution in [-0.4, -0.2) is 37.9 Å². The highest BCUT2D eigenvalue weighted by Crippen LogP contribution is 2.34. The summed E-state index contributed by atoms with van der Waals surface area (Å²) in [6.07, 6.45) is 1.77. The molecule has 2 N–H and O–H groups in total. The number of nitrogens with zero attached hydrogens (tertiary/aromatic N) is 1. The molecular formula is C14H20N2O2. The smallest absolute Gasteiger partial charge is 0.142 e. The molecule has 1 fully saturated rings.